The van der Waals surface area contributed by atoms with Crippen molar-refractivity contribution in [2.24, 2.45) is 5.92 Å². The summed E-state index contributed by atoms with van der Waals surface area (Å²) in [6.45, 7) is 9.69. The van der Waals surface area contributed by atoms with E-state index in [0.29, 0.717) is 56.5 Å². The first kappa shape index (κ1) is 24.6. The number of rotatable bonds is 13. The fourth-order valence-corrected chi connectivity index (χ4v) is 3.62. The van der Waals surface area contributed by atoms with Gasteiger partial charge in [-0.2, -0.15) is 10.3 Å². The third-order valence-corrected chi connectivity index (χ3v) is 6.13. The first-order valence-electron chi connectivity index (χ1n) is 10.9. The Kier molecular flexibility index (Phi) is 8.03. The zero-order chi connectivity index (χ0) is 23.2. The molecule has 1 atom stereocenters. The van der Waals surface area contributed by atoms with Gasteiger partial charge >= 0.3 is 0 Å². The lowest BCUT2D eigenvalue weighted by atomic mass is 9.81. The standard InChI is InChI=1S/C23H34N2O6/c1-6-15(17(27)10-12-23(4,5)19-14-21(29)25-31-19)7-8-16(26)9-11-22(2,3)18-13-20(28)24-30-18/h13-15H,6-12H2,1-5H3,(H,24,28)(H,25,29). The lowest BCUT2D eigenvalue weighted by molar-refractivity contribution is -0.124. The molecular formula is C23H34N2O6. The van der Waals surface area contributed by atoms with E-state index < -0.39 is 10.8 Å². The van der Waals surface area contributed by atoms with Crippen LogP contribution >= 0.6 is 0 Å². The van der Waals surface area contributed by atoms with Crippen molar-refractivity contribution in [1.82, 2.24) is 10.3 Å². The molecule has 0 aromatic carbocycles. The highest BCUT2D eigenvalue weighted by Crippen LogP contribution is 2.30. The highest BCUT2D eigenvalue weighted by molar-refractivity contribution is 5.83. The summed E-state index contributed by atoms with van der Waals surface area (Å²) >= 11 is 0. The van der Waals surface area contributed by atoms with Crippen molar-refractivity contribution in [2.75, 3.05) is 0 Å². The maximum atomic E-state index is 12.7. The minimum absolute atomic E-state index is 0.103. The first-order chi connectivity index (χ1) is 14.4. The summed E-state index contributed by atoms with van der Waals surface area (Å²) in [4.78, 5) is 47.7. The number of carbonyl (C=O) groups is 2. The maximum absolute atomic E-state index is 12.7. The Morgan fingerprint density at radius 3 is 1.77 bits per heavy atom. The zero-order valence-electron chi connectivity index (χ0n) is 19.1. The number of carbonyl (C=O) groups excluding carboxylic acids is 2. The molecule has 0 spiro atoms. The number of hydrogen-bond acceptors (Lipinski definition) is 6. The van der Waals surface area contributed by atoms with E-state index in [2.05, 4.69) is 10.3 Å². The molecule has 0 amide bonds. The molecule has 0 saturated carbocycles. The van der Waals surface area contributed by atoms with Crippen molar-refractivity contribution in [3.05, 3.63) is 44.4 Å². The van der Waals surface area contributed by atoms with E-state index >= 15 is 0 Å². The highest BCUT2D eigenvalue weighted by Gasteiger charge is 2.29. The molecule has 8 nitrogen and oxygen atoms in total. The molecule has 2 heterocycles. The SMILES string of the molecule is CCC(CCC(=O)CCC(C)(C)c1cc(=O)[nH]o1)C(=O)CCC(C)(C)c1cc(=O)[nH]o1. The van der Waals surface area contributed by atoms with E-state index in [1.807, 2.05) is 34.6 Å². The van der Waals surface area contributed by atoms with Crippen LogP contribution in [0.5, 0.6) is 0 Å². The molecule has 31 heavy (non-hydrogen) atoms. The number of aromatic nitrogens is 2. The van der Waals surface area contributed by atoms with Gasteiger partial charge in [-0.05, 0) is 25.7 Å². The van der Waals surface area contributed by atoms with Crippen molar-refractivity contribution in [3.63, 3.8) is 0 Å². The highest BCUT2D eigenvalue weighted by atomic mass is 16.5. The summed E-state index contributed by atoms with van der Waals surface area (Å²) in [6, 6.07) is 2.83. The molecule has 2 aromatic rings. The molecular weight excluding hydrogens is 400 g/mol. The Balaban J connectivity index is 1.81. The molecule has 1 unspecified atom stereocenters. The Morgan fingerprint density at radius 2 is 1.35 bits per heavy atom. The van der Waals surface area contributed by atoms with Crippen LogP contribution in [0.2, 0.25) is 0 Å². The van der Waals surface area contributed by atoms with Crippen LogP contribution in [0.15, 0.2) is 30.8 Å². The van der Waals surface area contributed by atoms with Crippen LogP contribution in [0.1, 0.15) is 91.1 Å². The largest absolute Gasteiger partial charge is 0.383 e. The molecule has 0 saturated heterocycles. The molecule has 172 valence electrons. The number of Topliss-reactive ketones (excluding diaryl/α,β-unsaturated/α-hetero) is 2. The van der Waals surface area contributed by atoms with Crippen molar-refractivity contribution in [3.8, 4) is 0 Å². The average molecular weight is 435 g/mol. The van der Waals surface area contributed by atoms with Crippen molar-refractivity contribution in [1.29, 1.82) is 0 Å². The Labute approximate surface area is 181 Å². The van der Waals surface area contributed by atoms with Crippen molar-refractivity contribution < 1.29 is 18.6 Å². The molecule has 8 heteroatoms. The Hall–Kier alpha value is -2.64. The van der Waals surface area contributed by atoms with Gasteiger partial charge < -0.3 is 9.05 Å². The molecule has 0 radical (unpaired) electrons. The fraction of sp³-hybridized carbons (Fsp3) is 0.652. The first-order valence-corrected chi connectivity index (χ1v) is 10.9. The number of ketones is 2. The van der Waals surface area contributed by atoms with Gasteiger partial charge in [-0.15, -0.1) is 0 Å². The van der Waals surface area contributed by atoms with Gasteiger partial charge in [0.15, 0.2) is 0 Å². The number of hydrogen-bond donors (Lipinski definition) is 2. The van der Waals surface area contributed by atoms with Gasteiger partial charge in [0, 0.05) is 48.1 Å². The van der Waals surface area contributed by atoms with Crippen LogP contribution in [0.25, 0.3) is 0 Å². The van der Waals surface area contributed by atoms with Gasteiger partial charge in [0.05, 0.1) is 0 Å². The van der Waals surface area contributed by atoms with Gasteiger partial charge in [0.2, 0.25) is 0 Å². The van der Waals surface area contributed by atoms with Crippen LogP contribution in [-0.4, -0.2) is 21.9 Å². The monoisotopic (exact) mass is 434 g/mol. The average Bonchev–Trinajstić information content (AvgIpc) is 3.34. The van der Waals surface area contributed by atoms with Crippen molar-refractivity contribution in [2.45, 2.75) is 90.4 Å². The zero-order valence-corrected chi connectivity index (χ0v) is 19.1. The quantitative estimate of drug-likeness (QED) is 0.490. The van der Waals surface area contributed by atoms with Crippen LogP contribution in [0, 0.1) is 5.92 Å². The fourth-order valence-electron chi connectivity index (χ4n) is 3.62. The summed E-state index contributed by atoms with van der Waals surface area (Å²) in [5.74, 6) is 1.15. The van der Waals surface area contributed by atoms with E-state index in [-0.39, 0.29) is 28.6 Å². The minimum Gasteiger partial charge on any atom is -0.383 e. The van der Waals surface area contributed by atoms with Crippen LogP contribution < -0.4 is 11.1 Å². The van der Waals surface area contributed by atoms with E-state index in [0.717, 1.165) is 0 Å². The molecule has 0 aliphatic heterocycles. The van der Waals surface area contributed by atoms with Crippen molar-refractivity contribution >= 4 is 11.6 Å². The van der Waals surface area contributed by atoms with E-state index in [4.69, 9.17) is 9.05 Å². The second-order valence-corrected chi connectivity index (χ2v) is 9.57. The number of aromatic amines is 2. The van der Waals surface area contributed by atoms with Crippen LogP contribution in [-0.2, 0) is 20.4 Å². The van der Waals surface area contributed by atoms with Gasteiger partial charge in [0.25, 0.3) is 11.1 Å². The lowest BCUT2D eigenvalue weighted by Crippen LogP contribution is -2.22. The summed E-state index contributed by atoms with van der Waals surface area (Å²) < 4.78 is 10.4. The Morgan fingerprint density at radius 1 is 0.871 bits per heavy atom. The van der Waals surface area contributed by atoms with E-state index in [9.17, 15) is 19.2 Å². The molecule has 0 aliphatic carbocycles. The van der Waals surface area contributed by atoms with Crippen LogP contribution in [0.3, 0.4) is 0 Å². The molecule has 2 aromatic heterocycles. The summed E-state index contributed by atoms with van der Waals surface area (Å²) in [5.41, 5.74) is -1.43. The Bertz CT molecular complexity index is 988. The summed E-state index contributed by atoms with van der Waals surface area (Å²) in [6.07, 6.45) is 3.44. The number of H-pyrrole nitrogens is 2. The maximum Gasteiger partial charge on any atom is 0.280 e. The van der Waals surface area contributed by atoms with Crippen LogP contribution in [0.4, 0.5) is 0 Å². The summed E-state index contributed by atoms with van der Waals surface area (Å²) in [7, 11) is 0. The molecule has 0 aliphatic rings. The second kappa shape index (κ2) is 10.1. The third-order valence-electron chi connectivity index (χ3n) is 6.13. The molecule has 2 rings (SSSR count). The lowest BCUT2D eigenvalue weighted by Gasteiger charge is -2.22. The molecule has 2 N–H and O–H groups in total. The smallest absolute Gasteiger partial charge is 0.280 e. The van der Waals surface area contributed by atoms with Gasteiger partial charge in [-0.3, -0.25) is 19.2 Å². The van der Waals surface area contributed by atoms with Gasteiger partial charge in [0.1, 0.15) is 23.1 Å². The minimum atomic E-state index is -0.429. The normalized spacial score (nSPS) is 13.3. The topological polar surface area (TPSA) is 126 Å². The van der Waals surface area contributed by atoms with Gasteiger partial charge in [-0.1, -0.05) is 34.6 Å². The summed E-state index contributed by atoms with van der Waals surface area (Å²) in [5, 5.41) is 4.57. The predicted octanol–water partition coefficient (Wildman–Crippen LogP) is 4.01. The predicted molar refractivity (Wildman–Crippen MR) is 116 cm³/mol. The molecule has 0 bridgehead atoms. The van der Waals surface area contributed by atoms with E-state index in [1.165, 1.54) is 12.1 Å². The number of nitrogens with one attached hydrogen (secondary N) is 2. The molecule has 0 fully saturated rings. The third kappa shape index (κ3) is 6.94. The second-order valence-electron chi connectivity index (χ2n) is 9.57. The van der Waals surface area contributed by atoms with E-state index in [1.54, 1.807) is 0 Å². The van der Waals surface area contributed by atoms with Gasteiger partial charge in [-0.25, -0.2) is 0 Å².